The molecule has 4 N–H and O–H groups in total. The van der Waals surface area contributed by atoms with Crippen LogP contribution in [-0.4, -0.2) is 25.3 Å². The van der Waals surface area contributed by atoms with Crippen LogP contribution in [0.4, 0.5) is 17.1 Å². The lowest BCUT2D eigenvalue weighted by Crippen LogP contribution is -2.37. The summed E-state index contributed by atoms with van der Waals surface area (Å²) in [5.74, 6) is 0.126. The molecule has 0 atom stereocenters. The molecule has 2 aromatic rings. The maximum absolute atomic E-state index is 12.8. The maximum Gasteiger partial charge on any atom is 0.294 e. The number of rotatable bonds is 8. The van der Waals surface area contributed by atoms with Gasteiger partial charge in [-0.05, 0) is 61.4 Å². The number of benzene rings is 2. The van der Waals surface area contributed by atoms with Gasteiger partial charge in [0, 0.05) is 17.8 Å². The number of nitrogens with two attached hydrogens (primary N) is 1. The highest BCUT2D eigenvalue weighted by Crippen LogP contribution is 2.31. The van der Waals surface area contributed by atoms with Gasteiger partial charge in [-0.3, -0.25) is 14.9 Å². The van der Waals surface area contributed by atoms with Crippen LogP contribution < -0.4 is 15.8 Å². The zero-order chi connectivity index (χ0) is 22.6. The Bertz CT molecular complexity index is 1060. The van der Waals surface area contributed by atoms with E-state index in [2.05, 4.69) is 17.0 Å². The Kier molecular flexibility index (Phi) is 6.91. The summed E-state index contributed by atoms with van der Waals surface area (Å²) >= 11 is 0. The van der Waals surface area contributed by atoms with E-state index in [1.807, 2.05) is 0 Å². The number of sulfonamides is 1. The van der Waals surface area contributed by atoms with Crippen molar-refractivity contribution in [3.05, 3.63) is 58.1 Å². The zero-order valence-corrected chi connectivity index (χ0v) is 18.0. The summed E-state index contributed by atoms with van der Waals surface area (Å²) in [6.45, 7) is 2.14. The molecular weight excluding hydrogens is 420 g/mol. The SMILES string of the molecule is CC1CCC(NS(=O)(=O)c2ccc(Nc3ccc(CC(N)=O)cc3)c([N+](=O)[O-])c2)CC1. The van der Waals surface area contributed by atoms with E-state index in [-0.39, 0.29) is 28.7 Å². The number of carbonyl (C=O) groups excluding carboxylic acids is 1. The highest BCUT2D eigenvalue weighted by atomic mass is 32.2. The number of nitro benzene ring substituents is 1. The molecule has 0 radical (unpaired) electrons. The van der Waals surface area contributed by atoms with Crippen LogP contribution in [-0.2, 0) is 21.2 Å². The van der Waals surface area contributed by atoms with Gasteiger partial charge in [0.05, 0.1) is 16.2 Å². The number of hydrogen-bond acceptors (Lipinski definition) is 6. The highest BCUT2D eigenvalue weighted by Gasteiger charge is 2.26. The maximum atomic E-state index is 12.8. The molecule has 0 saturated heterocycles. The monoisotopic (exact) mass is 446 g/mol. The van der Waals surface area contributed by atoms with Crippen LogP contribution in [0, 0.1) is 16.0 Å². The van der Waals surface area contributed by atoms with Gasteiger partial charge in [0.15, 0.2) is 0 Å². The predicted molar refractivity (Wildman–Crippen MR) is 117 cm³/mol. The van der Waals surface area contributed by atoms with Crippen LogP contribution in [0.5, 0.6) is 0 Å². The Labute approximate surface area is 181 Å². The molecule has 31 heavy (non-hydrogen) atoms. The van der Waals surface area contributed by atoms with E-state index in [0.29, 0.717) is 11.6 Å². The van der Waals surface area contributed by atoms with Crippen molar-refractivity contribution in [2.75, 3.05) is 5.32 Å². The van der Waals surface area contributed by atoms with Crippen molar-refractivity contribution in [2.45, 2.75) is 50.0 Å². The van der Waals surface area contributed by atoms with Crippen LogP contribution in [0.2, 0.25) is 0 Å². The fourth-order valence-corrected chi connectivity index (χ4v) is 4.99. The number of nitro groups is 1. The number of amides is 1. The van der Waals surface area contributed by atoms with E-state index in [4.69, 9.17) is 5.73 Å². The summed E-state index contributed by atoms with van der Waals surface area (Å²) in [6, 6.07) is 10.3. The number of anilines is 2. The number of nitrogens with zero attached hydrogens (tertiary/aromatic N) is 1. The smallest absolute Gasteiger partial charge is 0.294 e. The fourth-order valence-electron chi connectivity index (χ4n) is 3.66. The van der Waals surface area contributed by atoms with Gasteiger partial charge < -0.3 is 11.1 Å². The predicted octanol–water partition coefficient (Wildman–Crippen LogP) is 3.22. The second-order valence-electron chi connectivity index (χ2n) is 7.98. The van der Waals surface area contributed by atoms with E-state index in [1.54, 1.807) is 24.3 Å². The van der Waals surface area contributed by atoms with Gasteiger partial charge in [0.1, 0.15) is 5.69 Å². The van der Waals surface area contributed by atoms with Crippen molar-refractivity contribution >= 4 is 33.0 Å². The molecular formula is C21H26N4O5S. The van der Waals surface area contributed by atoms with Gasteiger partial charge in [0.25, 0.3) is 5.69 Å². The average Bonchev–Trinajstić information content (AvgIpc) is 2.70. The summed E-state index contributed by atoms with van der Waals surface area (Å²) in [5.41, 5.74) is 6.27. The second-order valence-corrected chi connectivity index (χ2v) is 9.69. The van der Waals surface area contributed by atoms with Crippen molar-refractivity contribution in [1.29, 1.82) is 0 Å². The van der Waals surface area contributed by atoms with Gasteiger partial charge in [-0.25, -0.2) is 13.1 Å². The van der Waals surface area contributed by atoms with E-state index < -0.39 is 20.9 Å². The van der Waals surface area contributed by atoms with Crippen LogP contribution >= 0.6 is 0 Å². The normalized spacial score (nSPS) is 19.0. The zero-order valence-electron chi connectivity index (χ0n) is 17.2. The number of hydrogen-bond donors (Lipinski definition) is 3. The molecule has 0 heterocycles. The molecule has 0 aromatic heterocycles. The molecule has 0 aliphatic heterocycles. The molecule has 1 aliphatic rings. The van der Waals surface area contributed by atoms with Gasteiger partial charge in [0.2, 0.25) is 15.9 Å². The second kappa shape index (κ2) is 9.44. The van der Waals surface area contributed by atoms with Gasteiger partial charge in [-0.1, -0.05) is 19.1 Å². The lowest BCUT2D eigenvalue weighted by molar-refractivity contribution is -0.384. The average molecular weight is 447 g/mol. The van der Waals surface area contributed by atoms with Crippen LogP contribution in [0.25, 0.3) is 0 Å². The minimum atomic E-state index is -3.87. The third kappa shape index (κ3) is 6.02. The minimum Gasteiger partial charge on any atom is -0.369 e. The Morgan fingerprint density at radius 3 is 2.35 bits per heavy atom. The van der Waals surface area contributed by atoms with Gasteiger partial charge in [-0.15, -0.1) is 0 Å². The largest absolute Gasteiger partial charge is 0.369 e. The van der Waals surface area contributed by atoms with Crippen LogP contribution in [0.3, 0.4) is 0 Å². The van der Waals surface area contributed by atoms with Crippen LogP contribution in [0.1, 0.15) is 38.2 Å². The summed E-state index contributed by atoms with van der Waals surface area (Å²) in [7, 11) is -3.87. The molecule has 2 aromatic carbocycles. The summed E-state index contributed by atoms with van der Waals surface area (Å²) < 4.78 is 28.2. The molecule has 0 spiro atoms. The molecule has 1 aliphatic carbocycles. The van der Waals surface area contributed by atoms with Crippen molar-refractivity contribution in [1.82, 2.24) is 4.72 Å². The quantitative estimate of drug-likeness (QED) is 0.419. The van der Waals surface area contributed by atoms with Gasteiger partial charge in [-0.2, -0.15) is 0 Å². The first kappa shape index (κ1) is 22.7. The third-order valence-corrected chi connectivity index (χ3v) is 6.94. The molecule has 1 fully saturated rings. The van der Waals surface area contributed by atoms with Crippen molar-refractivity contribution < 1.29 is 18.1 Å². The summed E-state index contributed by atoms with van der Waals surface area (Å²) in [4.78, 5) is 21.8. The molecule has 1 amide bonds. The van der Waals surface area contributed by atoms with E-state index in [9.17, 15) is 23.3 Å². The first-order valence-electron chi connectivity index (χ1n) is 10.1. The van der Waals surface area contributed by atoms with E-state index in [0.717, 1.165) is 37.3 Å². The Hall–Kier alpha value is -2.98. The topological polar surface area (TPSA) is 144 Å². The molecule has 0 bridgehead atoms. The van der Waals surface area contributed by atoms with Gasteiger partial charge >= 0.3 is 0 Å². The molecule has 9 nitrogen and oxygen atoms in total. The third-order valence-electron chi connectivity index (χ3n) is 5.43. The molecule has 3 rings (SSSR count). The summed E-state index contributed by atoms with van der Waals surface area (Å²) in [5, 5.41) is 14.5. The van der Waals surface area contributed by atoms with E-state index in [1.165, 1.54) is 12.1 Å². The molecule has 10 heteroatoms. The van der Waals surface area contributed by atoms with Crippen molar-refractivity contribution in [3.8, 4) is 0 Å². The molecule has 1 saturated carbocycles. The Morgan fingerprint density at radius 1 is 1.13 bits per heavy atom. The Morgan fingerprint density at radius 2 is 1.77 bits per heavy atom. The Balaban J connectivity index is 1.79. The van der Waals surface area contributed by atoms with Crippen molar-refractivity contribution in [3.63, 3.8) is 0 Å². The molecule has 0 unspecified atom stereocenters. The van der Waals surface area contributed by atoms with Crippen molar-refractivity contribution in [2.24, 2.45) is 11.7 Å². The number of nitrogens with one attached hydrogen (secondary N) is 2. The number of carbonyl (C=O) groups is 1. The minimum absolute atomic E-state index is 0.0971. The van der Waals surface area contributed by atoms with Crippen LogP contribution in [0.15, 0.2) is 47.4 Å². The fraction of sp³-hybridized carbons (Fsp3) is 0.381. The number of primary amides is 1. The molecule has 166 valence electrons. The highest BCUT2D eigenvalue weighted by molar-refractivity contribution is 7.89. The first-order valence-corrected chi connectivity index (χ1v) is 11.6. The first-order chi connectivity index (χ1) is 14.6. The van der Waals surface area contributed by atoms with E-state index >= 15 is 0 Å². The summed E-state index contributed by atoms with van der Waals surface area (Å²) in [6.07, 6.45) is 3.52. The lowest BCUT2D eigenvalue weighted by atomic mass is 9.88. The lowest BCUT2D eigenvalue weighted by Gasteiger charge is -2.26. The standard InChI is InChI=1S/C21H26N4O5S/c1-14-2-6-17(7-3-14)24-31(29,30)18-10-11-19(20(13-18)25(27)28)23-16-8-4-15(5-9-16)12-21(22)26/h4-5,8-11,13-14,17,23-24H,2-3,6-7,12H2,1H3,(H2,22,26).